The van der Waals surface area contributed by atoms with E-state index in [4.69, 9.17) is 4.52 Å². The average Bonchev–Trinajstić information content (AvgIpc) is 2.83. The molecule has 2 aromatic heterocycles. The highest BCUT2D eigenvalue weighted by atomic mass is 19.1. The van der Waals surface area contributed by atoms with Crippen molar-refractivity contribution in [3.05, 3.63) is 53.2 Å². The Morgan fingerprint density at radius 2 is 2.05 bits per heavy atom. The smallest absolute Gasteiger partial charge is 0.258 e. The zero-order valence-electron chi connectivity index (χ0n) is 11.5. The van der Waals surface area contributed by atoms with Gasteiger partial charge in [-0.25, -0.2) is 4.39 Å². The number of nitrogens with one attached hydrogen (secondary N) is 1. The molecule has 5 nitrogen and oxygen atoms in total. The number of aryl methyl sites for hydroxylation is 2. The topological polar surface area (TPSA) is 68.0 Å². The van der Waals surface area contributed by atoms with Crippen LogP contribution in [0.25, 0.3) is 10.9 Å². The Kier molecular flexibility index (Phi) is 3.13. The Morgan fingerprint density at radius 3 is 2.76 bits per heavy atom. The number of carbonyl (C=O) groups excluding carboxylic acids is 1. The first-order valence-corrected chi connectivity index (χ1v) is 6.34. The molecular formula is C15H12FN3O2. The van der Waals surface area contributed by atoms with Crippen LogP contribution in [0.3, 0.4) is 0 Å². The van der Waals surface area contributed by atoms with Gasteiger partial charge >= 0.3 is 0 Å². The SMILES string of the molecule is Cc1cc(NC(=O)c2cc3cc(F)ccc3nc2C)no1. The Bertz CT molecular complexity index is 842. The fraction of sp³-hybridized carbons (Fsp3) is 0.133. The zero-order valence-corrected chi connectivity index (χ0v) is 11.5. The van der Waals surface area contributed by atoms with E-state index in [-0.39, 0.29) is 11.7 Å². The summed E-state index contributed by atoms with van der Waals surface area (Å²) in [4.78, 5) is 16.6. The number of nitrogens with zero attached hydrogens (tertiary/aromatic N) is 2. The van der Waals surface area contributed by atoms with Crippen molar-refractivity contribution < 1.29 is 13.7 Å². The van der Waals surface area contributed by atoms with Gasteiger partial charge in [-0.1, -0.05) is 5.16 Å². The normalized spacial score (nSPS) is 10.8. The van der Waals surface area contributed by atoms with Crippen LogP contribution in [-0.2, 0) is 0 Å². The molecule has 1 aromatic carbocycles. The third-order valence-electron chi connectivity index (χ3n) is 3.08. The number of anilines is 1. The van der Waals surface area contributed by atoms with Crippen LogP contribution in [0.1, 0.15) is 21.8 Å². The van der Waals surface area contributed by atoms with Gasteiger partial charge in [0.25, 0.3) is 5.91 Å². The molecule has 3 aromatic rings. The third-order valence-corrected chi connectivity index (χ3v) is 3.08. The summed E-state index contributed by atoms with van der Waals surface area (Å²) in [6, 6.07) is 7.50. The van der Waals surface area contributed by atoms with E-state index in [0.29, 0.717) is 33.7 Å². The molecule has 0 aliphatic heterocycles. The zero-order chi connectivity index (χ0) is 15.0. The number of aromatic nitrogens is 2. The van der Waals surface area contributed by atoms with E-state index in [9.17, 15) is 9.18 Å². The summed E-state index contributed by atoms with van der Waals surface area (Å²) >= 11 is 0. The van der Waals surface area contributed by atoms with Crippen molar-refractivity contribution >= 4 is 22.6 Å². The molecule has 0 unspecified atom stereocenters. The van der Waals surface area contributed by atoms with Crippen LogP contribution in [0.4, 0.5) is 10.2 Å². The molecule has 0 aliphatic rings. The molecule has 106 valence electrons. The van der Waals surface area contributed by atoms with Crippen molar-refractivity contribution in [1.29, 1.82) is 0 Å². The van der Waals surface area contributed by atoms with Crippen LogP contribution in [0.5, 0.6) is 0 Å². The summed E-state index contributed by atoms with van der Waals surface area (Å²) < 4.78 is 18.2. The summed E-state index contributed by atoms with van der Waals surface area (Å²) in [6.07, 6.45) is 0. The van der Waals surface area contributed by atoms with E-state index >= 15 is 0 Å². The fourth-order valence-electron chi connectivity index (χ4n) is 2.08. The number of carbonyl (C=O) groups is 1. The lowest BCUT2D eigenvalue weighted by molar-refractivity contribution is 0.102. The molecule has 0 saturated carbocycles. The van der Waals surface area contributed by atoms with Crippen LogP contribution in [0, 0.1) is 19.7 Å². The van der Waals surface area contributed by atoms with Gasteiger partial charge in [0, 0.05) is 11.5 Å². The van der Waals surface area contributed by atoms with Crippen molar-refractivity contribution in [3.8, 4) is 0 Å². The highest BCUT2D eigenvalue weighted by Crippen LogP contribution is 2.19. The van der Waals surface area contributed by atoms with Gasteiger partial charge in [0.2, 0.25) is 0 Å². The molecule has 0 radical (unpaired) electrons. The molecule has 0 aliphatic carbocycles. The molecule has 6 heteroatoms. The van der Waals surface area contributed by atoms with Gasteiger partial charge in [-0.15, -0.1) is 0 Å². The Balaban J connectivity index is 1.98. The molecule has 0 atom stereocenters. The molecule has 21 heavy (non-hydrogen) atoms. The van der Waals surface area contributed by atoms with Gasteiger partial charge in [-0.3, -0.25) is 9.78 Å². The lowest BCUT2D eigenvalue weighted by Crippen LogP contribution is -2.14. The van der Waals surface area contributed by atoms with Crippen LogP contribution in [-0.4, -0.2) is 16.0 Å². The highest BCUT2D eigenvalue weighted by Gasteiger charge is 2.14. The number of rotatable bonds is 2. The second-order valence-electron chi connectivity index (χ2n) is 4.74. The minimum atomic E-state index is -0.369. The second kappa shape index (κ2) is 4.97. The molecule has 0 saturated heterocycles. The van der Waals surface area contributed by atoms with Crippen LogP contribution < -0.4 is 5.32 Å². The first-order chi connectivity index (χ1) is 10.0. The minimum Gasteiger partial charge on any atom is -0.360 e. The highest BCUT2D eigenvalue weighted by molar-refractivity contribution is 6.06. The molecule has 1 N–H and O–H groups in total. The monoisotopic (exact) mass is 285 g/mol. The number of hydrogen-bond donors (Lipinski definition) is 1. The van der Waals surface area contributed by atoms with Crippen molar-refractivity contribution in [1.82, 2.24) is 10.1 Å². The van der Waals surface area contributed by atoms with E-state index in [1.165, 1.54) is 12.1 Å². The van der Waals surface area contributed by atoms with E-state index in [1.54, 1.807) is 32.0 Å². The fourth-order valence-corrected chi connectivity index (χ4v) is 2.08. The first-order valence-electron chi connectivity index (χ1n) is 6.34. The summed E-state index contributed by atoms with van der Waals surface area (Å²) in [5, 5.41) is 6.89. The van der Waals surface area contributed by atoms with Crippen molar-refractivity contribution in [2.24, 2.45) is 0 Å². The summed E-state index contributed by atoms with van der Waals surface area (Å²) in [5.41, 5.74) is 1.57. The van der Waals surface area contributed by atoms with E-state index in [0.717, 1.165) is 0 Å². The van der Waals surface area contributed by atoms with Gasteiger partial charge in [-0.05, 0) is 38.1 Å². The Labute approximate surface area is 119 Å². The van der Waals surface area contributed by atoms with Crippen molar-refractivity contribution in [2.45, 2.75) is 13.8 Å². The van der Waals surface area contributed by atoms with Crippen molar-refractivity contribution in [2.75, 3.05) is 5.32 Å². The summed E-state index contributed by atoms with van der Waals surface area (Å²) in [7, 11) is 0. The summed E-state index contributed by atoms with van der Waals surface area (Å²) in [5.74, 6) is 0.197. The van der Waals surface area contributed by atoms with E-state index in [1.807, 2.05) is 0 Å². The second-order valence-corrected chi connectivity index (χ2v) is 4.74. The lowest BCUT2D eigenvalue weighted by atomic mass is 10.1. The Hall–Kier alpha value is -2.76. The van der Waals surface area contributed by atoms with Crippen LogP contribution in [0.15, 0.2) is 34.9 Å². The predicted molar refractivity (Wildman–Crippen MR) is 75.6 cm³/mol. The Morgan fingerprint density at radius 1 is 1.24 bits per heavy atom. The number of fused-ring (bicyclic) bond motifs is 1. The van der Waals surface area contributed by atoms with Gasteiger partial charge < -0.3 is 9.84 Å². The van der Waals surface area contributed by atoms with E-state index in [2.05, 4.69) is 15.5 Å². The molecule has 2 heterocycles. The molecule has 0 bridgehead atoms. The third kappa shape index (κ3) is 2.60. The maximum atomic E-state index is 13.3. The average molecular weight is 285 g/mol. The molecular weight excluding hydrogens is 273 g/mol. The van der Waals surface area contributed by atoms with E-state index < -0.39 is 0 Å². The largest absolute Gasteiger partial charge is 0.360 e. The van der Waals surface area contributed by atoms with Crippen LogP contribution in [0.2, 0.25) is 0 Å². The number of pyridine rings is 1. The maximum absolute atomic E-state index is 13.3. The van der Waals surface area contributed by atoms with Crippen molar-refractivity contribution in [3.63, 3.8) is 0 Å². The number of hydrogen-bond acceptors (Lipinski definition) is 4. The van der Waals surface area contributed by atoms with Gasteiger partial charge in [0.1, 0.15) is 11.6 Å². The molecule has 0 spiro atoms. The molecule has 0 fully saturated rings. The summed E-state index contributed by atoms with van der Waals surface area (Å²) in [6.45, 7) is 3.46. The van der Waals surface area contributed by atoms with Gasteiger partial charge in [0.05, 0.1) is 16.8 Å². The number of halogens is 1. The standard InChI is InChI=1S/C15H12FN3O2/c1-8-5-14(19-21-8)18-15(20)12-7-10-6-11(16)3-4-13(10)17-9(12)2/h3-7H,1-2H3,(H,18,19,20). The molecule has 3 rings (SSSR count). The van der Waals surface area contributed by atoms with Gasteiger partial charge in [0.15, 0.2) is 5.82 Å². The predicted octanol–water partition coefficient (Wildman–Crippen LogP) is 3.23. The number of benzene rings is 1. The first kappa shape index (κ1) is 13.2. The quantitative estimate of drug-likeness (QED) is 0.785. The minimum absolute atomic E-state index is 0.330. The lowest BCUT2D eigenvalue weighted by Gasteiger charge is -2.07. The number of amides is 1. The van der Waals surface area contributed by atoms with Crippen LogP contribution >= 0.6 is 0 Å². The van der Waals surface area contributed by atoms with Gasteiger partial charge in [-0.2, -0.15) is 0 Å². The maximum Gasteiger partial charge on any atom is 0.258 e. The molecule has 1 amide bonds.